The minimum Gasteiger partial charge on any atom is -0.483 e. The number of imidazole rings is 1. The summed E-state index contributed by atoms with van der Waals surface area (Å²) in [7, 11) is 0. The molecule has 0 saturated carbocycles. The van der Waals surface area contributed by atoms with E-state index >= 15 is 8.78 Å². The number of fused-ring (bicyclic) bond motifs is 1. The maximum Gasteiger partial charge on any atom is 0.321 e. The van der Waals surface area contributed by atoms with Gasteiger partial charge in [-0.1, -0.05) is 6.92 Å². The molecule has 1 aliphatic rings. The summed E-state index contributed by atoms with van der Waals surface area (Å²) >= 11 is 0. The third-order valence-electron chi connectivity index (χ3n) is 8.14. The summed E-state index contributed by atoms with van der Waals surface area (Å²) in [5.74, 6) is -2.31. The first kappa shape index (κ1) is 36.3. The highest BCUT2D eigenvalue weighted by Crippen LogP contribution is 2.33. The van der Waals surface area contributed by atoms with E-state index < -0.39 is 11.6 Å². The van der Waals surface area contributed by atoms with Crippen LogP contribution in [-0.4, -0.2) is 73.9 Å². The Kier molecular flexibility index (Phi) is 12.5. The maximum absolute atomic E-state index is 15.3. The number of carboxylic acid groups (broad SMARTS) is 1. The molecule has 5 aromatic rings. The molecule has 266 valence electrons. The molecule has 14 nitrogen and oxygen atoms in total. The van der Waals surface area contributed by atoms with E-state index in [9.17, 15) is 9.59 Å². The van der Waals surface area contributed by atoms with Gasteiger partial charge in [-0.05, 0) is 80.7 Å². The Morgan fingerprint density at radius 1 is 1.02 bits per heavy atom. The fourth-order valence-electron chi connectivity index (χ4n) is 5.60. The van der Waals surface area contributed by atoms with Gasteiger partial charge in [-0.3, -0.25) is 18.8 Å². The van der Waals surface area contributed by atoms with Crippen LogP contribution in [0.2, 0.25) is 0 Å². The summed E-state index contributed by atoms with van der Waals surface area (Å²) in [5.41, 5.74) is 2.73. The van der Waals surface area contributed by atoms with Gasteiger partial charge in [0.25, 0.3) is 12.4 Å². The van der Waals surface area contributed by atoms with Crippen LogP contribution in [0.25, 0.3) is 16.9 Å². The molecule has 0 bridgehead atoms. The van der Waals surface area contributed by atoms with Crippen molar-refractivity contribution in [1.29, 1.82) is 0 Å². The molecule has 0 unspecified atom stereocenters. The molecular weight excluding hydrogens is 664 g/mol. The summed E-state index contributed by atoms with van der Waals surface area (Å²) in [6.45, 7) is 4.38. The van der Waals surface area contributed by atoms with Crippen LogP contribution in [0.1, 0.15) is 42.1 Å². The largest absolute Gasteiger partial charge is 0.483 e. The summed E-state index contributed by atoms with van der Waals surface area (Å²) in [4.78, 5) is 50.3. The molecule has 3 aromatic heterocycles. The molecular formula is C35H37F2N9O5. The number of ether oxygens (including phenoxy) is 1. The minimum atomic E-state index is -1.18. The van der Waals surface area contributed by atoms with Crippen LogP contribution in [-0.2, 0) is 16.0 Å². The summed E-state index contributed by atoms with van der Waals surface area (Å²) < 4.78 is 37.2. The number of hydrogen-bond acceptors (Lipinski definition) is 10. The van der Waals surface area contributed by atoms with E-state index in [-0.39, 0.29) is 41.5 Å². The molecule has 1 aliphatic heterocycles. The quantitative estimate of drug-likeness (QED) is 0.0912. The Labute approximate surface area is 291 Å². The normalized spacial score (nSPS) is 12.8. The second-order valence-electron chi connectivity index (χ2n) is 11.4. The SMILES string of the molecule is CCc1cc(Nc2nccn3c(-c4ccc(Oc5ncccn5)c(F)c4F)cnc23)ccc1C(=O)NCCCNC(=O)C1CCNCC1.O=CO. The number of carbonyl (C=O) groups is 3. The molecule has 0 radical (unpaired) electrons. The highest BCUT2D eigenvalue weighted by Gasteiger charge is 2.22. The second-order valence-corrected chi connectivity index (χ2v) is 11.4. The lowest BCUT2D eigenvalue weighted by Gasteiger charge is -2.21. The molecule has 0 aliphatic carbocycles. The number of piperidine rings is 1. The number of benzene rings is 2. The summed E-state index contributed by atoms with van der Waals surface area (Å²) in [6.07, 6.45) is 10.4. The first-order valence-electron chi connectivity index (χ1n) is 16.3. The van der Waals surface area contributed by atoms with Gasteiger partial charge in [-0.25, -0.2) is 24.3 Å². The smallest absolute Gasteiger partial charge is 0.321 e. The molecule has 2 amide bonds. The van der Waals surface area contributed by atoms with Crippen molar-refractivity contribution in [3.63, 3.8) is 0 Å². The van der Waals surface area contributed by atoms with Gasteiger partial charge < -0.3 is 31.1 Å². The number of aromatic nitrogens is 5. The van der Waals surface area contributed by atoms with Crippen molar-refractivity contribution in [3.05, 3.63) is 90.1 Å². The number of halogens is 2. The van der Waals surface area contributed by atoms with Gasteiger partial charge in [-0.2, -0.15) is 4.39 Å². The first-order chi connectivity index (χ1) is 24.8. The molecule has 1 saturated heterocycles. The third-order valence-corrected chi connectivity index (χ3v) is 8.14. The number of rotatable bonds is 12. The predicted octanol–water partition coefficient (Wildman–Crippen LogP) is 4.50. The van der Waals surface area contributed by atoms with Gasteiger partial charge in [0.15, 0.2) is 23.0 Å². The maximum atomic E-state index is 15.3. The van der Waals surface area contributed by atoms with Crippen LogP contribution in [0.4, 0.5) is 20.3 Å². The van der Waals surface area contributed by atoms with Gasteiger partial charge in [0.05, 0.1) is 11.9 Å². The lowest BCUT2D eigenvalue weighted by Crippen LogP contribution is -2.39. The predicted molar refractivity (Wildman–Crippen MR) is 184 cm³/mol. The number of carbonyl (C=O) groups excluding carboxylic acids is 2. The van der Waals surface area contributed by atoms with E-state index in [1.807, 2.05) is 13.0 Å². The van der Waals surface area contributed by atoms with Crippen molar-refractivity contribution >= 4 is 35.4 Å². The number of nitrogens with zero attached hydrogens (tertiary/aromatic N) is 5. The van der Waals surface area contributed by atoms with Crippen molar-refractivity contribution in [2.75, 3.05) is 31.5 Å². The Morgan fingerprint density at radius 3 is 2.51 bits per heavy atom. The van der Waals surface area contributed by atoms with Crippen LogP contribution in [0.3, 0.4) is 0 Å². The lowest BCUT2D eigenvalue weighted by molar-refractivity contribution is -0.125. The summed E-state index contributed by atoms with van der Waals surface area (Å²) in [5, 5.41) is 19.3. The van der Waals surface area contributed by atoms with Gasteiger partial charge >= 0.3 is 6.01 Å². The molecule has 0 spiro atoms. The fourth-order valence-corrected chi connectivity index (χ4v) is 5.60. The average molecular weight is 702 g/mol. The molecule has 51 heavy (non-hydrogen) atoms. The van der Waals surface area contributed by atoms with Gasteiger partial charge in [0, 0.05) is 60.6 Å². The van der Waals surface area contributed by atoms with Crippen molar-refractivity contribution in [1.82, 2.24) is 40.3 Å². The number of nitrogens with one attached hydrogen (secondary N) is 4. The van der Waals surface area contributed by atoms with Gasteiger partial charge in [0.2, 0.25) is 11.7 Å². The van der Waals surface area contributed by atoms with Crippen molar-refractivity contribution in [2.24, 2.45) is 5.92 Å². The van der Waals surface area contributed by atoms with Crippen molar-refractivity contribution in [2.45, 2.75) is 32.6 Å². The fraction of sp³-hybridized carbons (Fsp3) is 0.286. The van der Waals surface area contributed by atoms with E-state index in [2.05, 4.69) is 41.2 Å². The standard InChI is InChI=1S/C34H35F2N9O3.CH2O2/c1-2-21-19-23(5-6-24(21)33(47)40-12-3-11-39-32(46)22-9-15-37-16-10-22)44-30-31-43-20-26(45(31)18-17-38-30)25-7-8-27(29(36)28(25)35)48-34-41-13-4-14-42-34;2-1-3/h4-8,13-14,17-20,22,37H,2-3,9-12,15-16H2,1H3,(H,38,44)(H,39,46)(H,40,47);1H,(H,2,3). The molecule has 4 heterocycles. The van der Waals surface area contributed by atoms with Crippen LogP contribution < -0.4 is 26.0 Å². The average Bonchev–Trinajstić information content (AvgIpc) is 3.59. The third kappa shape index (κ3) is 8.96. The Morgan fingerprint density at radius 2 is 1.76 bits per heavy atom. The van der Waals surface area contributed by atoms with Crippen LogP contribution in [0.5, 0.6) is 11.8 Å². The zero-order chi connectivity index (χ0) is 36.2. The molecule has 0 atom stereocenters. The second kappa shape index (κ2) is 17.6. The molecule has 16 heteroatoms. The van der Waals surface area contributed by atoms with E-state index in [0.29, 0.717) is 54.3 Å². The number of anilines is 2. The van der Waals surface area contributed by atoms with Crippen molar-refractivity contribution < 1.29 is 33.0 Å². The zero-order valence-electron chi connectivity index (χ0n) is 27.7. The number of hydrogen-bond donors (Lipinski definition) is 5. The van der Waals surface area contributed by atoms with Crippen LogP contribution in [0.15, 0.2) is 67.4 Å². The molecule has 6 rings (SSSR count). The van der Waals surface area contributed by atoms with Crippen LogP contribution >= 0.6 is 0 Å². The molecule has 1 fully saturated rings. The first-order valence-corrected chi connectivity index (χ1v) is 16.3. The van der Waals surface area contributed by atoms with E-state index in [0.717, 1.165) is 31.5 Å². The van der Waals surface area contributed by atoms with Gasteiger partial charge in [0.1, 0.15) is 0 Å². The summed E-state index contributed by atoms with van der Waals surface area (Å²) in [6, 6.07) is 9.56. The molecule has 2 aromatic carbocycles. The number of aryl methyl sites for hydroxylation is 1. The van der Waals surface area contributed by atoms with Crippen LogP contribution in [0, 0.1) is 17.6 Å². The van der Waals surface area contributed by atoms with E-state index in [4.69, 9.17) is 14.6 Å². The Balaban J connectivity index is 0.00000162. The highest BCUT2D eigenvalue weighted by molar-refractivity contribution is 5.96. The Bertz CT molecular complexity index is 1970. The highest BCUT2D eigenvalue weighted by atomic mass is 19.2. The topological polar surface area (TPSA) is 185 Å². The van der Waals surface area contributed by atoms with E-state index in [1.165, 1.54) is 36.9 Å². The molecule has 5 N–H and O–H groups in total. The minimum absolute atomic E-state index is 0.0220. The Hall–Kier alpha value is -6.03. The monoisotopic (exact) mass is 701 g/mol. The lowest BCUT2D eigenvalue weighted by atomic mass is 9.97. The zero-order valence-corrected chi connectivity index (χ0v) is 27.7. The van der Waals surface area contributed by atoms with Gasteiger partial charge in [-0.15, -0.1) is 0 Å². The van der Waals surface area contributed by atoms with E-state index in [1.54, 1.807) is 28.8 Å². The van der Waals surface area contributed by atoms with Crippen molar-refractivity contribution in [3.8, 4) is 23.0 Å². The number of amides is 2.